The summed E-state index contributed by atoms with van der Waals surface area (Å²) in [6, 6.07) is 3.64. The average Bonchev–Trinajstić information content (AvgIpc) is 3.04. The van der Waals surface area contributed by atoms with Crippen LogP contribution in [0.2, 0.25) is 0 Å². The number of hydrogen-bond acceptors (Lipinski definition) is 7. The van der Waals surface area contributed by atoms with Crippen molar-refractivity contribution in [2.75, 3.05) is 25.0 Å². The number of aromatic nitrogens is 4. The molecule has 2 atom stereocenters. The molecule has 2 fully saturated rings. The van der Waals surface area contributed by atoms with Gasteiger partial charge in [0.1, 0.15) is 0 Å². The van der Waals surface area contributed by atoms with E-state index in [0.717, 1.165) is 25.8 Å². The smallest absolute Gasteiger partial charge is 0.255 e. The molecule has 8 heteroatoms. The van der Waals surface area contributed by atoms with Crippen LogP contribution in [-0.2, 0) is 4.74 Å². The van der Waals surface area contributed by atoms with Crippen molar-refractivity contribution < 1.29 is 9.53 Å². The van der Waals surface area contributed by atoms with Gasteiger partial charge in [0.2, 0.25) is 5.95 Å². The lowest BCUT2D eigenvalue weighted by Crippen LogP contribution is -2.50. The fourth-order valence-corrected chi connectivity index (χ4v) is 3.65. The SMILES string of the molecule is O=C(c1ccnnc1)N1CCCC2(CC(Nc3ncccn3)CO2)C1. The number of rotatable bonds is 3. The lowest BCUT2D eigenvalue weighted by Gasteiger charge is -2.39. The summed E-state index contributed by atoms with van der Waals surface area (Å²) in [5, 5.41) is 10.8. The van der Waals surface area contributed by atoms with Crippen LogP contribution < -0.4 is 5.32 Å². The molecular weight excluding hydrogens is 320 g/mol. The van der Waals surface area contributed by atoms with Crippen LogP contribution in [0.15, 0.2) is 36.9 Å². The number of carbonyl (C=O) groups is 1. The van der Waals surface area contributed by atoms with Crippen molar-refractivity contribution in [3.63, 3.8) is 0 Å². The minimum atomic E-state index is -0.291. The molecule has 25 heavy (non-hydrogen) atoms. The predicted molar refractivity (Wildman–Crippen MR) is 89.9 cm³/mol. The summed E-state index contributed by atoms with van der Waals surface area (Å²) < 4.78 is 6.14. The Morgan fingerprint density at radius 3 is 2.96 bits per heavy atom. The zero-order chi connectivity index (χ0) is 17.1. The molecule has 8 nitrogen and oxygen atoms in total. The van der Waals surface area contributed by atoms with Crippen molar-refractivity contribution in [2.45, 2.75) is 30.9 Å². The van der Waals surface area contributed by atoms with E-state index in [9.17, 15) is 4.79 Å². The molecule has 0 saturated carbocycles. The highest BCUT2D eigenvalue weighted by Crippen LogP contribution is 2.35. The van der Waals surface area contributed by atoms with E-state index in [1.54, 1.807) is 30.7 Å². The van der Waals surface area contributed by atoms with E-state index in [2.05, 4.69) is 25.5 Å². The summed E-state index contributed by atoms with van der Waals surface area (Å²) >= 11 is 0. The van der Waals surface area contributed by atoms with Crippen LogP contribution >= 0.6 is 0 Å². The highest BCUT2D eigenvalue weighted by molar-refractivity contribution is 5.93. The molecule has 2 unspecified atom stereocenters. The average molecular weight is 340 g/mol. The minimum Gasteiger partial charge on any atom is -0.371 e. The minimum absolute atomic E-state index is 0.0135. The number of amides is 1. The summed E-state index contributed by atoms with van der Waals surface area (Å²) in [4.78, 5) is 22.9. The third-order valence-corrected chi connectivity index (χ3v) is 4.77. The molecule has 1 amide bonds. The lowest BCUT2D eigenvalue weighted by molar-refractivity contribution is -0.0447. The molecule has 2 aliphatic heterocycles. The second kappa shape index (κ2) is 6.72. The van der Waals surface area contributed by atoms with Crippen molar-refractivity contribution in [3.05, 3.63) is 42.5 Å². The Kier molecular flexibility index (Phi) is 4.27. The molecule has 130 valence electrons. The van der Waals surface area contributed by atoms with Crippen LogP contribution in [0.5, 0.6) is 0 Å². The molecule has 0 bridgehead atoms. The maximum absolute atomic E-state index is 12.7. The van der Waals surface area contributed by atoms with E-state index < -0.39 is 0 Å². The molecule has 4 heterocycles. The molecule has 2 aromatic rings. The second-order valence-corrected chi connectivity index (χ2v) is 6.57. The summed E-state index contributed by atoms with van der Waals surface area (Å²) in [5.41, 5.74) is 0.276. The van der Waals surface area contributed by atoms with Gasteiger partial charge < -0.3 is 15.0 Å². The van der Waals surface area contributed by atoms with Gasteiger partial charge in [0.25, 0.3) is 5.91 Å². The van der Waals surface area contributed by atoms with Crippen molar-refractivity contribution in [1.82, 2.24) is 25.1 Å². The first-order valence-corrected chi connectivity index (χ1v) is 8.48. The third-order valence-electron chi connectivity index (χ3n) is 4.77. The van der Waals surface area contributed by atoms with E-state index in [0.29, 0.717) is 24.7 Å². The number of anilines is 1. The fraction of sp³-hybridized carbons (Fsp3) is 0.471. The Balaban J connectivity index is 1.42. The quantitative estimate of drug-likeness (QED) is 0.895. The van der Waals surface area contributed by atoms with E-state index in [1.807, 2.05) is 4.90 Å². The van der Waals surface area contributed by atoms with E-state index in [1.165, 1.54) is 6.20 Å². The molecule has 2 aliphatic rings. The van der Waals surface area contributed by atoms with Crippen LogP contribution in [0.4, 0.5) is 5.95 Å². The number of nitrogens with one attached hydrogen (secondary N) is 1. The summed E-state index contributed by atoms with van der Waals surface area (Å²) in [7, 11) is 0. The van der Waals surface area contributed by atoms with Gasteiger partial charge in [-0.3, -0.25) is 4.79 Å². The van der Waals surface area contributed by atoms with Crippen LogP contribution in [0, 0.1) is 0 Å². The summed E-state index contributed by atoms with van der Waals surface area (Å²) in [5.74, 6) is 0.597. The first-order valence-electron chi connectivity index (χ1n) is 8.48. The standard InChI is InChI=1S/C17H20N6O2/c24-15(13-3-7-20-21-10-13)23-8-1-4-17(12-23)9-14(11-25-17)22-16-18-5-2-6-19-16/h2-3,5-7,10,14H,1,4,8-9,11-12H2,(H,18,19,22). The largest absolute Gasteiger partial charge is 0.371 e. The number of ether oxygens (including phenoxy) is 1. The van der Waals surface area contributed by atoms with Gasteiger partial charge in [-0.15, -0.1) is 0 Å². The first-order chi connectivity index (χ1) is 12.2. The number of nitrogens with zero attached hydrogens (tertiary/aromatic N) is 5. The van der Waals surface area contributed by atoms with E-state index >= 15 is 0 Å². The number of hydrogen-bond donors (Lipinski definition) is 1. The van der Waals surface area contributed by atoms with Crippen molar-refractivity contribution in [2.24, 2.45) is 0 Å². The zero-order valence-corrected chi connectivity index (χ0v) is 13.8. The van der Waals surface area contributed by atoms with Crippen LogP contribution in [0.3, 0.4) is 0 Å². The van der Waals surface area contributed by atoms with Crippen molar-refractivity contribution >= 4 is 11.9 Å². The molecule has 0 aliphatic carbocycles. The monoisotopic (exact) mass is 340 g/mol. The Morgan fingerprint density at radius 2 is 2.16 bits per heavy atom. The van der Waals surface area contributed by atoms with Gasteiger partial charge in [-0.1, -0.05) is 0 Å². The van der Waals surface area contributed by atoms with Gasteiger partial charge in [0, 0.05) is 25.4 Å². The Bertz CT molecular complexity index is 728. The van der Waals surface area contributed by atoms with Gasteiger partial charge in [-0.05, 0) is 25.0 Å². The van der Waals surface area contributed by atoms with Gasteiger partial charge >= 0.3 is 0 Å². The Morgan fingerprint density at radius 1 is 1.28 bits per heavy atom. The molecule has 2 saturated heterocycles. The molecule has 0 aromatic carbocycles. The van der Waals surface area contributed by atoms with Gasteiger partial charge in [0.15, 0.2) is 0 Å². The van der Waals surface area contributed by atoms with Gasteiger partial charge in [-0.2, -0.15) is 10.2 Å². The molecule has 2 aromatic heterocycles. The third kappa shape index (κ3) is 3.43. The summed E-state index contributed by atoms with van der Waals surface area (Å²) in [6.07, 6.45) is 9.20. The van der Waals surface area contributed by atoms with Crippen LogP contribution in [0.25, 0.3) is 0 Å². The zero-order valence-electron chi connectivity index (χ0n) is 13.8. The number of likely N-dealkylation sites (tertiary alicyclic amines) is 1. The first kappa shape index (κ1) is 15.9. The molecule has 4 rings (SSSR count). The van der Waals surface area contributed by atoms with E-state index in [4.69, 9.17) is 4.74 Å². The fourth-order valence-electron chi connectivity index (χ4n) is 3.65. The molecule has 1 N–H and O–H groups in total. The topological polar surface area (TPSA) is 93.1 Å². The van der Waals surface area contributed by atoms with Crippen molar-refractivity contribution in [3.8, 4) is 0 Å². The molecule has 0 radical (unpaired) electrons. The lowest BCUT2D eigenvalue weighted by atomic mass is 9.88. The maximum Gasteiger partial charge on any atom is 0.255 e. The summed E-state index contributed by atoms with van der Waals surface area (Å²) in [6.45, 7) is 1.94. The number of piperidine rings is 1. The normalized spacial score (nSPS) is 25.9. The number of carbonyl (C=O) groups excluding carboxylic acids is 1. The maximum atomic E-state index is 12.7. The second-order valence-electron chi connectivity index (χ2n) is 6.57. The van der Waals surface area contributed by atoms with Gasteiger partial charge in [-0.25, -0.2) is 9.97 Å². The van der Waals surface area contributed by atoms with E-state index in [-0.39, 0.29) is 17.6 Å². The van der Waals surface area contributed by atoms with Crippen LogP contribution in [0.1, 0.15) is 29.6 Å². The van der Waals surface area contributed by atoms with Crippen LogP contribution in [-0.4, -0.2) is 62.3 Å². The Hall–Kier alpha value is -2.61. The highest BCUT2D eigenvalue weighted by Gasteiger charge is 2.44. The highest BCUT2D eigenvalue weighted by atomic mass is 16.5. The molecule has 1 spiro atoms. The Labute approximate surface area is 145 Å². The molecular formula is C17H20N6O2. The van der Waals surface area contributed by atoms with Gasteiger partial charge in [0.05, 0.1) is 42.8 Å². The predicted octanol–water partition coefficient (Wildman–Crippen LogP) is 1.14. The van der Waals surface area contributed by atoms with Crippen molar-refractivity contribution in [1.29, 1.82) is 0 Å².